The van der Waals surface area contributed by atoms with Gasteiger partial charge in [0, 0.05) is 6.42 Å². The Hall–Kier alpha value is -0.700. The van der Waals surface area contributed by atoms with Gasteiger partial charge in [0.2, 0.25) is 0 Å². The molecule has 0 saturated carbocycles. The molecule has 0 fully saturated rings. The molecule has 1 heterocycles. The van der Waals surface area contributed by atoms with Gasteiger partial charge in [0.25, 0.3) is 0 Å². The van der Waals surface area contributed by atoms with E-state index in [0.29, 0.717) is 13.0 Å². The first-order chi connectivity index (χ1) is 7.25. The van der Waals surface area contributed by atoms with Crippen LogP contribution in [0.3, 0.4) is 0 Å². The Kier molecular flexibility index (Phi) is 4.95. The van der Waals surface area contributed by atoms with Crippen molar-refractivity contribution in [3.05, 3.63) is 23.8 Å². The molecule has 15 heavy (non-hydrogen) atoms. The summed E-state index contributed by atoms with van der Waals surface area (Å²) in [6, 6.07) is 5.87. The van der Waals surface area contributed by atoms with Gasteiger partial charge < -0.3 is 4.74 Å². The molecule has 1 atom stereocenters. The number of hydrogen-bond donors (Lipinski definition) is 0. The van der Waals surface area contributed by atoms with Gasteiger partial charge in [-0.15, -0.1) is 0 Å². The number of rotatable bonds is 0. The van der Waals surface area contributed by atoms with Crippen LogP contribution in [0.25, 0.3) is 0 Å². The van der Waals surface area contributed by atoms with Crippen molar-refractivity contribution in [1.29, 1.82) is 0 Å². The fourth-order valence-electron chi connectivity index (χ4n) is 1.28. The summed E-state index contributed by atoms with van der Waals surface area (Å²) in [4.78, 5) is 0.921. The predicted molar refractivity (Wildman–Crippen MR) is 63.4 cm³/mol. The van der Waals surface area contributed by atoms with Crippen LogP contribution >= 0.6 is 11.8 Å². The number of thioether (sulfide) groups is 1. The number of alkyl halides is 1. The van der Waals surface area contributed by atoms with Crippen molar-refractivity contribution in [3.8, 4) is 5.75 Å². The topological polar surface area (TPSA) is 9.23 Å². The van der Waals surface area contributed by atoms with E-state index in [9.17, 15) is 4.39 Å². The average Bonchev–Trinajstić information content (AvgIpc) is 2.41. The molecule has 0 N–H and O–H groups in total. The predicted octanol–water partition coefficient (Wildman–Crippen LogP) is 4.19. The Labute approximate surface area is 95.0 Å². The van der Waals surface area contributed by atoms with Gasteiger partial charge in [-0.05, 0) is 24.6 Å². The minimum Gasteiger partial charge on any atom is -0.492 e. The van der Waals surface area contributed by atoms with E-state index in [0.717, 1.165) is 16.2 Å². The summed E-state index contributed by atoms with van der Waals surface area (Å²) in [7, 11) is 0. The summed E-state index contributed by atoms with van der Waals surface area (Å²) >= 11 is 1.26. The highest BCUT2D eigenvalue weighted by molar-refractivity contribution is 7.99. The Morgan fingerprint density at radius 2 is 2.13 bits per heavy atom. The quantitative estimate of drug-likeness (QED) is 0.658. The molecule has 0 radical (unpaired) electrons. The van der Waals surface area contributed by atoms with E-state index in [1.807, 2.05) is 39.0 Å². The maximum absolute atomic E-state index is 13.1. The first-order valence-corrected chi connectivity index (χ1v) is 6.18. The van der Waals surface area contributed by atoms with Crippen molar-refractivity contribution in [1.82, 2.24) is 0 Å². The van der Waals surface area contributed by atoms with Gasteiger partial charge in [-0.1, -0.05) is 31.7 Å². The lowest BCUT2D eigenvalue weighted by molar-refractivity contribution is 0.280. The molecule has 1 aromatic carbocycles. The number of ether oxygens (including phenoxy) is 1. The molecule has 0 aliphatic carbocycles. The van der Waals surface area contributed by atoms with Crippen LogP contribution in [0.5, 0.6) is 5.75 Å². The Bertz CT molecular complexity index is 314. The summed E-state index contributed by atoms with van der Waals surface area (Å²) in [6.45, 7) is 6.48. The summed E-state index contributed by atoms with van der Waals surface area (Å²) in [6.07, 6.45) is 0.471. The number of benzene rings is 1. The van der Waals surface area contributed by atoms with Crippen molar-refractivity contribution < 1.29 is 9.13 Å². The smallest absolute Gasteiger partial charge is 0.153 e. The maximum Gasteiger partial charge on any atom is 0.153 e. The van der Waals surface area contributed by atoms with Gasteiger partial charge in [-0.3, -0.25) is 0 Å². The van der Waals surface area contributed by atoms with Crippen LogP contribution in [-0.2, 0) is 0 Å². The molecule has 0 saturated heterocycles. The van der Waals surface area contributed by atoms with Crippen LogP contribution < -0.4 is 4.74 Å². The van der Waals surface area contributed by atoms with E-state index in [2.05, 4.69) is 0 Å². The third-order valence-corrected chi connectivity index (χ3v) is 3.02. The lowest BCUT2D eigenvalue weighted by atomic mass is 10.2. The second-order valence-corrected chi connectivity index (χ2v) is 4.30. The summed E-state index contributed by atoms with van der Waals surface area (Å²) in [5, 5.41) is 0. The summed E-state index contributed by atoms with van der Waals surface area (Å²) < 4.78 is 18.5. The molecular formula is C12H17FOS. The van der Waals surface area contributed by atoms with Crippen LogP contribution in [0, 0.1) is 6.92 Å². The van der Waals surface area contributed by atoms with Crippen molar-refractivity contribution in [2.45, 2.75) is 37.6 Å². The molecular weight excluding hydrogens is 211 g/mol. The maximum atomic E-state index is 13.1. The largest absolute Gasteiger partial charge is 0.492 e. The second kappa shape index (κ2) is 6.01. The van der Waals surface area contributed by atoms with Crippen molar-refractivity contribution in [3.63, 3.8) is 0 Å². The van der Waals surface area contributed by atoms with Crippen LogP contribution in [-0.4, -0.2) is 12.1 Å². The molecule has 0 aromatic heterocycles. The molecule has 0 amide bonds. The lowest BCUT2D eigenvalue weighted by Crippen LogP contribution is -1.99. The Morgan fingerprint density at radius 1 is 1.40 bits per heavy atom. The molecule has 3 heteroatoms. The van der Waals surface area contributed by atoms with E-state index < -0.39 is 5.50 Å². The minimum absolute atomic E-state index is 0.471. The highest BCUT2D eigenvalue weighted by Gasteiger charge is 2.16. The Morgan fingerprint density at radius 3 is 2.87 bits per heavy atom. The van der Waals surface area contributed by atoms with E-state index in [1.165, 1.54) is 11.8 Å². The fraction of sp³-hybridized carbons (Fsp3) is 0.500. The van der Waals surface area contributed by atoms with Gasteiger partial charge in [0.1, 0.15) is 5.75 Å². The molecule has 1 aliphatic rings. The van der Waals surface area contributed by atoms with Crippen LogP contribution in [0.4, 0.5) is 4.39 Å². The van der Waals surface area contributed by atoms with Crippen LogP contribution in [0.1, 0.15) is 25.8 Å². The number of hydrogen-bond acceptors (Lipinski definition) is 2. The zero-order valence-corrected chi connectivity index (χ0v) is 10.2. The fourth-order valence-corrected chi connectivity index (χ4v) is 2.27. The van der Waals surface area contributed by atoms with Gasteiger partial charge in [0.05, 0.1) is 11.5 Å². The molecule has 84 valence electrons. The monoisotopic (exact) mass is 228 g/mol. The number of aryl methyl sites for hydroxylation is 1. The molecule has 1 aliphatic heterocycles. The number of fused-ring (bicyclic) bond motifs is 1. The van der Waals surface area contributed by atoms with E-state index in [-0.39, 0.29) is 0 Å². The molecule has 0 spiro atoms. The normalized spacial score (nSPS) is 19.1. The first kappa shape index (κ1) is 12.4. The third-order valence-electron chi connectivity index (χ3n) is 1.96. The van der Waals surface area contributed by atoms with Crippen LogP contribution in [0.2, 0.25) is 0 Å². The SMILES string of the molecule is CC.Cc1ccc2c(c1)SC(F)CCO2. The van der Waals surface area contributed by atoms with Gasteiger partial charge in [0.15, 0.2) is 5.50 Å². The van der Waals surface area contributed by atoms with Crippen molar-refractivity contribution in [2.75, 3.05) is 6.61 Å². The van der Waals surface area contributed by atoms with E-state index in [4.69, 9.17) is 4.74 Å². The molecule has 1 aromatic rings. The zero-order valence-electron chi connectivity index (χ0n) is 9.42. The van der Waals surface area contributed by atoms with Crippen molar-refractivity contribution in [2.24, 2.45) is 0 Å². The average molecular weight is 228 g/mol. The summed E-state index contributed by atoms with van der Waals surface area (Å²) in [5.74, 6) is 0.816. The van der Waals surface area contributed by atoms with Gasteiger partial charge >= 0.3 is 0 Å². The Balaban J connectivity index is 0.000000531. The molecule has 1 nitrogen and oxygen atoms in total. The van der Waals surface area contributed by atoms with Crippen LogP contribution in [0.15, 0.2) is 23.1 Å². The lowest BCUT2D eigenvalue weighted by Gasteiger charge is -2.06. The molecule has 1 unspecified atom stereocenters. The highest BCUT2D eigenvalue weighted by Crippen LogP contribution is 2.37. The van der Waals surface area contributed by atoms with E-state index >= 15 is 0 Å². The van der Waals surface area contributed by atoms with Gasteiger partial charge in [-0.2, -0.15) is 0 Å². The zero-order chi connectivity index (χ0) is 11.3. The van der Waals surface area contributed by atoms with Crippen molar-refractivity contribution >= 4 is 11.8 Å². The number of halogens is 1. The highest BCUT2D eigenvalue weighted by atomic mass is 32.2. The third kappa shape index (κ3) is 3.42. The molecule has 0 bridgehead atoms. The second-order valence-electron chi connectivity index (χ2n) is 3.12. The standard InChI is InChI=1S/C10H11FOS.C2H6/c1-7-2-3-8-9(6-7)13-10(11)4-5-12-8;1-2/h2-3,6,10H,4-5H2,1H3;1-2H3. The van der Waals surface area contributed by atoms with E-state index in [1.54, 1.807) is 0 Å². The summed E-state index contributed by atoms with van der Waals surface area (Å²) in [5.41, 5.74) is 0.312. The first-order valence-electron chi connectivity index (χ1n) is 5.30. The molecule has 2 rings (SSSR count). The van der Waals surface area contributed by atoms with Gasteiger partial charge in [-0.25, -0.2) is 4.39 Å². The minimum atomic E-state index is -0.831.